The highest BCUT2D eigenvalue weighted by Crippen LogP contribution is 2.20. The minimum atomic E-state index is -1.01. The van der Waals surface area contributed by atoms with Gasteiger partial charge in [0.25, 0.3) is 0 Å². The summed E-state index contributed by atoms with van der Waals surface area (Å²) in [7, 11) is 0. The summed E-state index contributed by atoms with van der Waals surface area (Å²) in [6.45, 7) is 0.515. The van der Waals surface area contributed by atoms with Crippen molar-refractivity contribution in [2.75, 3.05) is 11.1 Å². The van der Waals surface area contributed by atoms with E-state index in [1.807, 2.05) is 12.1 Å². The zero-order chi connectivity index (χ0) is 13.8. The van der Waals surface area contributed by atoms with Crippen LogP contribution < -0.4 is 11.1 Å². The number of carboxylic acid groups (broad SMARTS) is 1. The number of rotatable bonds is 4. The zero-order valence-electron chi connectivity index (χ0n) is 10.1. The van der Waals surface area contributed by atoms with Gasteiger partial charge in [0.2, 0.25) is 0 Å². The molecule has 0 spiro atoms. The van der Waals surface area contributed by atoms with Crippen LogP contribution in [0.2, 0.25) is 5.02 Å². The Bertz CT molecular complexity index is 597. The van der Waals surface area contributed by atoms with Gasteiger partial charge in [-0.1, -0.05) is 23.7 Å². The standard InChI is InChI=1S/C14H13ClN2O2/c15-10-3-1-9(2-4-10)8-17-13-6-5-11(16)7-12(13)14(18)19/h1-7,17H,8,16H2,(H,18,19). The summed E-state index contributed by atoms with van der Waals surface area (Å²) in [5.41, 5.74) is 7.72. The van der Waals surface area contributed by atoms with Crippen molar-refractivity contribution < 1.29 is 9.90 Å². The lowest BCUT2D eigenvalue weighted by Crippen LogP contribution is -2.07. The minimum Gasteiger partial charge on any atom is -0.478 e. The molecule has 4 nitrogen and oxygen atoms in total. The van der Waals surface area contributed by atoms with Crippen molar-refractivity contribution in [2.45, 2.75) is 6.54 Å². The van der Waals surface area contributed by atoms with E-state index >= 15 is 0 Å². The van der Waals surface area contributed by atoms with Crippen LogP contribution in [0.25, 0.3) is 0 Å². The predicted molar refractivity (Wildman–Crippen MR) is 76.6 cm³/mol. The molecular weight excluding hydrogens is 264 g/mol. The third kappa shape index (κ3) is 3.39. The van der Waals surface area contributed by atoms with Gasteiger partial charge in [-0.15, -0.1) is 0 Å². The fourth-order valence-electron chi connectivity index (χ4n) is 1.69. The van der Waals surface area contributed by atoms with E-state index in [2.05, 4.69) is 5.32 Å². The minimum absolute atomic E-state index is 0.161. The van der Waals surface area contributed by atoms with Crippen LogP contribution in [0.1, 0.15) is 15.9 Å². The number of hydrogen-bond donors (Lipinski definition) is 3. The third-order valence-corrected chi connectivity index (χ3v) is 2.92. The first-order valence-corrected chi connectivity index (χ1v) is 6.05. The maximum Gasteiger partial charge on any atom is 0.337 e. The van der Waals surface area contributed by atoms with Crippen molar-refractivity contribution in [1.82, 2.24) is 0 Å². The lowest BCUT2D eigenvalue weighted by molar-refractivity contribution is 0.0698. The summed E-state index contributed by atoms with van der Waals surface area (Å²) in [6, 6.07) is 12.1. The number of benzene rings is 2. The predicted octanol–water partition coefficient (Wildman–Crippen LogP) is 3.23. The Balaban J connectivity index is 2.15. The van der Waals surface area contributed by atoms with E-state index in [-0.39, 0.29) is 5.56 Å². The number of anilines is 2. The van der Waals surface area contributed by atoms with Crippen molar-refractivity contribution in [3.8, 4) is 0 Å². The molecule has 0 aliphatic heterocycles. The highest BCUT2D eigenvalue weighted by Gasteiger charge is 2.10. The van der Waals surface area contributed by atoms with E-state index < -0.39 is 5.97 Å². The molecule has 19 heavy (non-hydrogen) atoms. The molecule has 0 bridgehead atoms. The summed E-state index contributed by atoms with van der Waals surface area (Å²) in [4.78, 5) is 11.1. The van der Waals surface area contributed by atoms with Gasteiger partial charge in [0.15, 0.2) is 0 Å². The maximum absolute atomic E-state index is 11.1. The second kappa shape index (κ2) is 5.63. The van der Waals surface area contributed by atoms with Crippen LogP contribution in [0, 0.1) is 0 Å². The van der Waals surface area contributed by atoms with E-state index in [0.717, 1.165) is 5.56 Å². The van der Waals surface area contributed by atoms with Gasteiger partial charge >= 0.3 is 5.97 Å². The summed E-state index contributed by atoms with van der Waals surface area (Å²) in [6.07, 6.45) is 0. The highest BCUT2D eigenvalue weighted by atomic mass is 35.5. The van der Waals surface area contributed by atoms with Crippen LogP contribution in [0.15, 0.2) is 42.5 Å². The second-order valence-electron chi connectivity index (χ2n) is 4.09. The molecule has 0 aliphatic rings. The molecule has 2 aromatic rings. The van der Waals surface area contributed by atoms with Gasteiger partial charge in [-0.3, -0.25) is 0 Å². The van der Waals surface area contributed by atoms with E-state index in [1.165, 1.54) is 6.07 Å². The average molecular weight is 277 g/mol. The molecule has 5 heteroatoms. The first kappa shape index (κ1) is 13.2. The van der Waals surface area contributed by atoms with Gasteiger partial charge in [0.1, 0.15) is 0 Å². The molecule has 0 aliphatic carbocycles. The smallest absolute Gasteiger partial charge is 0.337 e. The maximum atomic E-state index is 11.1. The van der Waals surface area contributed by atoms with Gasteiger partial charge < -0.3 is 16.2 Å². The quantitative estimate of drug-likeness (QED) is 0.750. The molecule has 0 aromatic heterocycles. The topological polar surface area (TPSA) is 75.3 Å². The van der Waals surface area contributed by atoms with Crippen molar-refractivity contribution in [2.24, 2.45) is 0 Å². The number of aromatic carboxylic acids is 1. The number of nitrogens with one attached hydrogen (secondary N) is 1. The molecule has 0 heterocycles. The molecule has 2 rings (SSSR count). The highest BCUT2D eigenvalue weighted by molar-refractivity contribution is 6.30. The lowest BCUT2D eigenvalue weighted by atomic mass is 10.1. The molecule has 0 radical (unpaired) electrons. The molecular formula is C14H13ClN2O2. The molecule has 0 fully saturated rings. The van der Waals surface area contributed by atoms with Crippen LogP contribution in [-0.2, 0) is 6.54 Å². The average Bonchev–Trinajstić information content (AvgIpc) is 2.39. The Morgan fingerprint density at radius 2 is 1.89 bits per heavy atom. The first-order chi connectivity index (χ1) is 9.06. The van der Waals surface area contributed by atoms with Crippen molar-refractivity contribution >= 4 is 28.9 Å². The first-order valence-electron chi connectivity index (χ1n) is 5.67. The fourth-order valence-corrected chi connectivity index (χ4v) is 1.82. The second-order valence-corrected chi connectivity index (χ2v) is 4.53. The monoisotopic (exact) mass is 276 g/mol. The number of hydrogen-bond acceptors (Lipinski definition) is 3. The summed E-state index contributed by atoms with van der Waals surface area (Å²) >= 11 is 5.80. The van der Waals surface area contributed by atoms with Gasteiger partial charge in [-0.25, -0.2) is 4.79 Å². The van der Waals surface area contributed by atoms with E-state index in [9.17, 15) is 4.79 Å². The van der Waals surface area contributed by atoms with E-state index in [0.29, 0.717) is 22.9 Å². The number of nitrogen functional groups attached to an aromatic ring is 1. The SMILES string of the molecule is Nc1ccc(NCc2ccc(Cl)cc2)c(C(=O)O)c1. The number of nitrogens with two attached hydrogens (primary N) is 1. The van der Waals surface area contributed by atoms with Crippen LogP contribution in [0.5, 0.6) is 0 Å². The van der Waals surface area contributed by atoms with E-state index in [1.54, 1.807) is 24.3 Å². The summed E-state index contributed by atoms with van der Waals surface area (Å²) < 4.78 is 0. The van der Waals surface area contributed by atoms with E-state index in [4.69, 9.17) is 22.4 Å². The van der Waals surface area contributed by atoms with Crippen LogP contribution in [-0.4, -0.2) is 11.1 Å². The molecule has 0 atom stereocenters. The molecule has 0 saturated heterocycles. The van der Waals surface area contributed by atoms with Crippen molar-refractivity contribution in [3.05, 3.63) is 58.6 Å². The van der Waals surface area contributed by atoms with Gasteiger partial charge in [0, 0.05) is 22.9 Å². The zero-order valence-corrected chi connectivity index (χ0v) is 10.8. The lowest BCUT2D eigenvalue weighted by Gasteiger charge is -2.10. The van der Waals surface area contributed by atoms with Gasteiger partial charge in [-0.05, 0) is 35.9 Å². The number of carboxylic acids is 1. The number of halogens is 1. The largest absolute Gasteiger partial charge is 0.478 e. The van der Waals surface area contributed by atoms with Crippen LogP contribution >= 0.6 is 11.6 Å². The Labute approximate surface area is 115 Å². The molecule has 4 N–H and O–H groups in total. The molecule has 2 aromatic carbocycles. The van der Waals surface area contributed by atoms with Crippen LogP contribution in [0.4, 0.5) is 11.4 Å². The van der Waals surface area contributed by atoms with Gasteiger partial charge in [-0.2, -0.15) is 0 Å². The molecule has 0 amide bonds. The summed E-state index contributed by atoms with van der Waals surface area (Å²) in [5, 5.41) is 12.9. The summed E-state index contributed by atoms with van der Waals surface area (Å²) in [5.74, 6) is -1.01. The van der Waals surface area contributed by atoms with Crippen LogP contribution in [0.3, 0.4) is 0 Å². The van der Waals surface area contributed by atoms with Crippen molar-refractivity contribution in [3.63, 3.8) is 0 Å². The number of carbonyl (C=O) groups is 1. The fraction of sp³-hybridized carbons (Fsp3) is 0.0714. The van der Waals surface area contributed by atoms with Crippen molar-refractivity contribution in [1.29, 1.82) is 0 Å². The Kier molecular flexibility index (Phi) is 3.92. The molecule has 98 valence electrons. The molecule has 0 unspecified atom stereocenters. The third-order valence-electron chi connectivity index (χ3n) is 2.67. The van der Waals surface area contributed by atoms with Gasteiger partial charge in [0.05, 0.1) is 5.56 Å². The Morgan fingerprint density at radius 1 is 1.21 bits per heavy atom. The normalized spacial score (nSPS) is 10.2. The Hall–Kier alpha value is -2.20. The molecule has 0 saturated carbocycles. The Morgan fingerprint density at radius 3 is 2.53 bits per heavy atom.